The Bertz CT molecular complexity index is 468. The molecule has 0 radical (unpaired) electrons. The molecule has 0 aliphatic heterocycles. The Hall–Kier alpha value is -0.960. The summed E-state index contributed by atoms with van der Waals surface area (Å²) < 4.78 is 29.7. The fraction of sp³-hybridized carbons (Fsp3) is 0.500. The molecule has 0 aliphatic carbocycles. The Morgan fingerprint density at radius 2 is 2.28 bits per heavy atom. The molecule has 18 heavy (non-hydrogen) atoms. The van der Waals surface area contributed by atoms with E-state index in [9.17, 15) is 13.2 Å². The first-order valence-corrected chi connectivity index (χ1v) is 7.65. The molecule has 1 aromatic heterocycles. The summed E-state index contributed by atoms with van der Waals surface area (Å²) in [7, 11) is -2.34. The molecule has 1 heterocycles. The van der Waals surface area contributed by atoms with Crippen LogP contribution in [0.1, 0.15) is 4.88 Å². The van der Waals surface area contributed by atoms with Gasteiger partial charge in [-0.2, -0.15) is 4.31 Å². The van der Waals surface area contributed by atoms with Crippen molar-refractivity contribution in [1.82, 2.24) is 4.31 Å². The van der Waals surface area contributed by atoms with Crippen LogP contribution in [0.15, 0.2) is 17.5 Å². The van der Waals surface area contributed by atoms with Crippen LogP contribution in [0.3, 0.4) is 0 Å². The average molecular weight is 293 g/mol. The lowest BCUT2D eigenvalue weighted by Gasteiger charge is -2.20. The molecule has 0 amide bonds. The van der Waals surface area contributed by atoms with Crippen molar-refractivity contribution in [3.8, 4) is 0 Å². The van der Waals surface area contributed by atoms with Gasteiger partial charge in [-0.3, -0.25) is 4.79 Å². The van der Waals surface area contributed by atoms with Gasteiger partial charge in [0.1, 0.15) is 0 Å². The van der Waals surface area contributed by atoms with Gasteiger partial charge in [0.25, 0.3) is 0 Å². The van der Waals surface area contributed by atoms with E-state index in [4.69, 9.17) is 9.84 Å². The van der Waals surface area contributed by atoms with Crippen molar-refractivity contribution in [2.24, 2.45) is 0 Å². The van der Waals surface area contributed by atoms with Crippen LogP contribution in [-0.2, 0) is 26.1 Å². The van der Waals surface area contributed by atoms with Gasteiger partial charge in [0, 0.05) is 25.1 Å². The van der Waals surface area contributed by atoms with Crippen LogP contribution >= 0.6 is 11.3 Å². The van der Waals surface area contributed by atoms with Crippen molar-refractivity contribution in [2.75, 3.05) is 26.0 Å². The number of sulfonamides is 1. The molecule has 0 atom stereocenters. The summed E-state index contributed by atoms with van der Waals surface area (Å²) in [6.45, 7) is 0.547. The predicted octanol–water partition coefficient (Wildman–Crippen LogP) is 0.611. The van der Waals surface area contributed by atoms with Crippen LogP contribution in [0.5, 0.6) is 0 Å². The lowest BCUT2D eigenvalue weighted by Crippen LogP contribution is -2.37. The smallest absolute Gasteiger partial charge is 0.320 e. The van der Waals surface area contributed by atoms with Gasteiger partial charge in [-0.25, -0.2) is 8.42 Å². The van der Waals surface area contributed by atoms with Crippen LogP contribution in [0.4, 0.5) is 0 Å². The van der Waals surface area contributed by atoms with E-state index >= 15 is 0 Å². The molecule has 1 rings (SSSR count). The molecule has 0 fully saturated rings. The minimum Gasteiger partial charge on any atom is -0.480 e. The minimum absolute atomic E-state index is 0.143. The highest BCUT2D eigenvalue weighted by molar-refractivity contribution is 7.89. The Labute approximate surface area is 110 Å². The van der Waals surface area contributed by atoms with Crippen molar-refractivity contribution in [2.45, 2.75) is 6.54 Å². The van der Waals surface area contributed by atoms with Crippen molar-refractivity contribution in [3.05, 3.63) is 22.4 Å². The Kier molecular flexibility index (Phi) is 5.73. The summed E-state index contributed by atoms with van der Waals surface area (Å²) in [6.07, 6.45) is 0. The number of carboxylic acid groups (broad SMARTS) is 1. The number of methoxy groups -OCH3 is 1. The molecule has 0 saturated heterocycles. The van der Waals surface area contributed by atoms with Crippen LogP contribution in [0, 0.1) is 0 Å². The van der Waals surface area contributed by atoms with Gasteiger partial charge in [-0.1, -0.05) is 6.07 Å². The summed E-state index contributed by atoms with van der Waals surface area (Å²) in [5.74, 6) is -2.26. The predicted molar refractivity (Wildman–Crippen MR) is 68.0 cm³/mol. The number of thiophene rings is 1. The lowest BCUT2D eigenvalue weighted by atomic mass is 10.4. The Balaban J connectivity index is 2.80. The van der Waals surface area contributed by atoms with E-state index in [0.29, 0.717) is 0 Å². The lowest BCUT2D eigenvalue weighted by molar-refractivity contribution is -0.134. The molecule has 0 saturated carbocycles. The summed E-state index contributed by atoms with van der Waals surface area (Å²) in [4.78, 5) is 11.4. The molecule has 8 heteroatoms. The van der Waals surface area contributed by atoms with E-state index in [1.807, 2.05) is 11.4 Å². The third kappa shape index (κ3) is 4.73. The first-order valence-electron chi connectivity index (χ1n) is 5.16. The number of nitrogens with zero attached hydrogens (tertiary/aromatic N) is 1. The van der Waals surface area contributed by atoms with Gasteiger partial charge >= 0.3 is 5.97 Å². The third-order valence-electron chi connectivity index (χ3n) is 2.16. The number of hydrogen-bond donors (Lipinski definition) is 1. The molecule has 0 spiro atoms. The molecular formula is C10H15NO5S2. The molecule has 0 unspecified atom stereocenters. The van der Waals surface area contributed by atoms with Crippen molar-refractivity contribution < 1.29 is 23.1 Å². The molecule has 6 nitrogen and oxygen atoms in total. The maximum Gasteiger partial charge on any atom is 0.320 e. The number of rotatable bonds is 8. The normalized spacial score (nSPS) is 11.9. The fourth-order valence-corrected chi connectivity index (χ4v) is 3.32. The molecule has 1 N–H and O–H groups in total. The number of hydrogen-bond acceptors (Lipinski definition) is 5. The highest BCUT2D eigenvalue weighted by atomic mass is 32.2. The van der Waals surface area contributed by atoms with E-state index in [0.717, 1.165) is 9.18 Å². The van der Waals surface area contributed by atoms with Gasteiger partial charge < -0.3 is 9.84 Å². The largest absolute Gasteiger partial charge is 0.480 e. The van der Waals surface area contributed by atoms with Gasteiger partial charge in [0.15, 0.2) is 5.75 Å². The molecule has 102 valence electrons. The van der Waals surface area contributed by atoms with Gasteiger partial charge in [-0.15, -0.1) is 11.3 Å². The Morgan fingerprint density at radius 3 is 2.78 bits per heavy atom. The zero-order valence-electron chi connectivity index (χ0n) is 9.90. The topological polar surface area (TPSA) is 83.9 Å². The van der Waals surface area contributed by atoms with Crippen molar-refractivity contribution >= 4 is 27.3 Å². The van der Waals surface area contributed by atoms with Crippen molar-refractivity contribution in [1.29, 1.82) is 0 Å². The molecule has 0 aromatic carbocycles. The highest BCUT2D eigenvalue weighted by Gasteiger charge is 2.25. The van der Waals surface area contributed by atoms with Crippen LogP contribution in [0.25, 0.3) is 0 Å². The second kappa shape index (κ2) is 6.83. The van der Waals surface area contributed by atoms with Gasteiger partial charge in [0.2, 0.25) is 10.0 Å². The second-order valence-electron chi connectivity index (χ2n) is 3.56. The van der Waals surface area contributed by atoms with E-state index in [2.05, 4.69) is 0 Å². The van der Waals surface area contributed by atoms with Crippen LogP contribution in [0.2, 0.25) is 0 Å². The average Bonchev–Trinajstić information content (AvgIpc) is 2.74. The Morgan fingerprint density at radius 1 is 1.56 bits per heavy atom. The molecule has 0 aliphatic rings. The maximum atomic E-state index is 11.9. The van der Waals surface area contributed by atoms with E-state index in [1.165, 1.54) is 18.4 Å². The number of carbonyl (C=O) groups is 1. The van der Waals surface area contributed by atoms with Gasteiger partial charge in [-0.05, 0) is 11.4 Å². The van der Waals surface area contributed by atoms with E-state index in [1.54, 1.807) is 6.07 Å². The quantitative estimate of drug-likeness (QED) is 0.759. The third-order valence-corrected chi connectivity index (χ3v) is 4.73. The van der Waals surface area contributed by atoms with E-state index in [-0.39, 0.29) is 19.7 Å². The number of aliphatic carboxylic acids is 1. The summed E-state index contributed by atoms with van der Waals surface area (Å²) in [5, 5.41) is 10.5. The second-order valence-corrected chi connectivity index (χ2v) is 6.56. The first kappa shape index (κ1) is 15.1. The van der Waals surface area contributed by atoms with Crippen LogP contribution < -0.4 is 0 Å². The fourth-order valence-electron chi connectivity index (χ4n) is 1.33. The minimum atomic E-state index is -3.81. The zero-order valence-corrected chi connectivity index (χ0v) is 11.5. The standard InChI is InChI=1S/C10H15NO5S2/c1-16-5-4-11(7-9-3-2-6-17-9)18(14,15)8-10(12)13/h2-3,6H,4-5,7-8H2,1H3,(H,12,13). The molecule has 0 bridgehead atoms. The summed E-state index contributed by atoms with van der Waals surface area (Å²) in [5.41, 5.74) is 0. The van der Waals surface area contributed by atoms with Gasteiger partial charge in [0.05, 0.1) is 6.61 Å². The zero-order chi connectivity index (χ0) is 13.6. The summed E-state index contributed by atoms with van der Waals surface area (Å²) in [6, 6.07) is 3.62. The number of carboxylic acids is 1. The van der Waals surface area contributed by atoms with Crippen LogP contribution in [-0.4, -0.2) is 49.8 Å². The monoisotopic (exact) mass is 293 g/mol. The number of ether oxygens (including phenoxy) is 1. The molecule has 1 aromatic rings. The summed E-state index contributed by atoms with van der Waals surface area (Å²) >= 11 is 1.43. The molecular weight excluding hydrogens is 278 g/mol. The van der Waals surface area contributed by atoms with E-state index < -0.39 is 21.7 Å². The highest BCUT2D eigenvalue weighted by Crippen LogP contribution is 2.14. The van der Waals surface area contributed by atoms with Crippen molar-refractivity contribution in [3.63, 3.8) is 0 Å². The first-order chi connectivity index (χ1) is 8.45. The maximum absolute atomic E-state index is 11.9. The SMILES string of the molecule is COCCN(Cc1cccs1)S(=O)(=O)CC(=O)O.